The van der Waals surface area contributed by atoms with E-state index in [-0.39, 0.29) is 19.3 Å². The Morgan fingerprint density at radius 3 is 0.884 bits per heavy atom. The van der Waals surface area contributed by atoms with Gasteiger partial charge in [0.05, 0.1) is 26.4 Å². The predicted molar refractivity (Wildman–Crippen MR) is 390 cm³/mol. The quantitative estimate of drug-likeness (QED) is 0.0146. The fraction of sp³-hybridized carbons (Fsp3) is 0.675. The van der Waals surface area contributed by atoms with E-state index in [4.69, 9.17) is 32.3 Å². The van der Waals surface area contributed by atoms with E-state index in [1.165, 1.54) is 64.2 Å². The van der Waals surface area contributed by atoms with Gasteiger partial charge in [-0.05, 0) is 116 Å². The van der Waals surface area contributed by atoms with Crippen LogP contribution >= 0.6 is 15.6 Å². The van der Waals surface area contributed by atoms with E-state index >= 15 is 0 Å². The zero-order valence-corrected chi connectivity index (χ0v) is 60.8. The summed E-state index contributed by atoms with van der Waals surface area (Å²) in [5, 5.41) is 20.6. The Hall–Kier alpha value is -4.31. The maximum absolute atomic E-state index is 12.9. The van der Waals surface area contributed by atoms with Crippen molar-refractivity contribution in [3.05, 3.63) is 134 Å². The number of phosphoric ester groups is 2. The first kappa shape index (κ1) is 90.7. The predicted octanol–water partition coefficient (Wildman–Crippen LogP) is 20.8. The van der Waals surface area contributed by atoms with Crippen molar-refractivity contribution in [3.63, 3.8) is 0 Å². The summed E-state index contributed by atoms with van der Waals surface area (Å²) in [4.78, 5) is 58.4. The molecule has 5 atom stereocenters. The van der Waals surface area contributed by atoms with Crippen LogP contribution in [0.5, 0.6) is 0 Å². The van der Waals surface area contributed by atoms with Crippen LogP contribution in [0.25, 0.3) is 0 Å². The first-order valence-corrected chi connectivity index (χ1v) is 39.5. The standard InChI is InChI=1S/C77H130O16P2/c1-4-7-10-13-16-19-22-24-26-28-30-32-34-35-37-39-40-42-44-46-49-51-54-57-60-63-75(80)87-66-72(78)67-89-94(83,84)90-68-73(79)69-91-95(85,86)92-71-74(93-77(82)65-62-59-56-53-48-21-18-15-12-9-6-3)70-88-76(81)64-61-58-55-52-50-47-45-43-41-38-36-33-31-29-27-25-23-20-17-14-11-8-5-2/h7-8,10-11,16-17,19-20,24-27,30-33,35,37-38,41,45,47,72-74,78-79H,4-6,9,12-15,18,21-23,28-29,34,36,39-40,42-44,46,48-71H2,1-3H3,(H,83,84)(H,85,86)/b10-7-,11-8-,19-16-,20-17-,26-24-,27-25-,32-30-,33-31-,37-35-,41-38-,47-45-. The Kier molecular flexibility index (Phi) is 66.4. The van der Waals surface area contributed by atoms with Crippen LogP contribution in [0.2, 0.25) is 0 Å². The molecule has 0 aliphatic carbocycles. The third-order valence-corrected chi connectivity index (χ3v) is 16.8. The monoisotopic (exact) mass is 1370 g/mol. The molecule has 16 nitrogen and oxygen atoms in total. The van der Waals surface area contributed by atoms with Crippen molar-refractivity contribution < 1.29 is 75.8 Å². The molecule has 0 aromatic heterocycles. The van der Waals surface area contributed by atoms with Crippen LogP contribution in [0.4, 0.5) is 0 Å². The van der Waals surface area contributed by atoms with Crippen molar-refractivity contribution in [1.82, 2.24) is 0 Å². The van der Waals surface area contributed by atoms with Gasteiger partial charge in [0, 0.05) is 19.3 Å². The second-order valence-corrected chi connectivity index (χ2v) is 26.9. The maximum Gasteiger partial charge on any atom is 0.472 e. The van der Waals surface area contributed by atoms with Gasteiger partial charge in [0.1, 0.15) is 25.4 Å². The van der Waals surface area contributed by atoms with Crippen molar-refractivity contribution in [3.8, 4) is 0 Å². The second kappa shape index (κ2) is 69.6. The van der Waals surface area contributed by atoms with E-state index < -0.39 is 91.5 Å². The number of aliphatic hydroxyl groups excluding tert-OH is 2. The molecule has 0 rings (SSSR count). The number of hydrogen-bond acceptors (Lipinski definition) is 14. The minimum Gasteiger partial charge on any atom is -0.463 e. The van der Waals surface area contributed by atoms with E-state index in [1.54, 1.807) is 0 Å². The summed E-state index contributed by atoms with van der Waals surface area (Å²) in [6.07, 6.45) is 82.2. The van der Waals surface area contributed by atoms with Crippen molar-refractivity contribution >= 4 is 33.6 Å². The maximum atomic E-state index is 12.9. The first-order chi connectivity index (χ1) is 46.2. The topological polar surface area (TPSA) is 231 Å². The van der Waals surface area contributed by atoms with Crippen LogP contribution < -0.4 is 0 Å². The van der Waals surface area contributed by atoms with Gasteiger partial charge >= 0.3 is 33.6 Å². The summed E-state index contributed by atoms with van der Waals surface area (Å²) in [7, 11) is -9.79. The van der Waals surface area contributed by atoms with Crippen LogP contribution in [0, 0.1) is 0 Å². The molecule has 95 heavy (non-hydrogen) atoms. The lowest BCUT2D eigenvalue weighted by Gasteiger charge is -2.21. The summed E-state index contributed by atoms with van der Waals surface area (Å²) < 4.78 is 60.9. The van der Waals surface area contributed by atoms with Gasteiger partial charge in [0.15, 0.2) is 6.10 Å². The van der Waals surface area contributed by atoms with Gasteiger partial charge in [-0.25, -0.2) is 9.13 Å². The van der Waals surface area contributed by atoms with E-state index in [9.17, 15) is 43.5 Å². The van der Waals surface area contributed by atoms with Gasteiger partial charge < -0.3 is 34.2 Å². The first-order valence-electron chi connectivity index (χ1n) is 36.5. The molecule has 0 aliphatic heterocycles. The van der Waals surface area contributed by atoms with Crippen molar-refractivity contribution in [2.24, 2.45) is 0 Å². The summed E-state index contributed by atoms with van der Waals surface area (Å²) in [5.41, 5.74) is 0. The van der Waals surface area contributed by atoms with E-state index in [0.29, 0.717) is 19.3 Å². The average Bonchev–Trinajstić information content (AvgIpc) is 3.72. The largest absolute Gasteiger partial charge is 0.472 e. The van der Waals surface area contributed by atoms with E-state index in [2.05, 4.69) is 154 Å². The number of rotatable bonds is 68. The molecule has 0 saturated carbocycles. The molecule has 0 fully saturated rings. The average molecular weight is 1370 g/mol. The highest BCUT2D eigenvalue weighted by molar-refractivity contribution is 7.47. The Morgan fingerprint density at radius 2 is 0.558 bits per heavy atom. The minimum absolute atomic E-state index is 0.0976. The van der Waals surface area contributed by atoms with Gasteiger partial charge in [-0.1, -0.05) is 276 Å². The normalized spacial score (nSPS) is 14.9. The lowest BCUT2D eigenvalue weighted by atomic mass is 10.1. The SMILES string of the molecule is CC/C=C\C/C=C\C/C=C\C/C=C\C/C=C\C/C=C\CCCCCCC(=O)OCC(COP(=O)(O)OCC(O)COP(=O)(O)OCC(O)COC(=O)CCCCCCCCCCC/C=C\C/C=C\C/C=C\C/C=C\C/C=C\CC)OC(=O)CCCCCCCCCCCCC. The smallest absolute Gasteiger partial charge is 0.463 e. The molecule has 18 heteroatoms. The molecular weight excluding hydrogens is 1240 g/mol. The fourth-order valence-electron chi connectivity index (χ4n) is 9.36. The number of aliphatic hydroxyl groups is 2. The van der Waals surface area contributed by atoms with Gasteiger partial charge in [-0.2, -0.15) is 0 Å². The summed E-state index contributed by atoms with van der Waals surface area (Å²) in [5.74, 6) is -1.61. The van der Waals surface area contributed by atoms with Crippen LogP contribution in [0.1, 0.15) is 278 Å². The van der Waals surface area contributed by atoms with Crippen LogP contribution in [0.15, 0.2) is 134 Å². The molecule has 0 aromatic rings. The fourth-order valence-corrected chi connectivity index (χ4v) is 10.9. The van der Waals surface area contributed by atoms with Crippen molar-refractivity contribution in [2.45, 2.75) is 296 Å². The summed E-state index contributed by atoms with van der Waals surface area (Å²) >= 11 is 0. The minimum atomic E-state index is -4.93. The molecule has 0 amide bonds. The number of ether oxygens (including phenoxy) is 3. The second-order valence-electron chi connectivity index (χ2n) is 24.0. The lowest BCUT2D eigenvalue weighted by Crippen LogP contribution is -2.30. The van der Waals surface area contributed by atoms with Gasteiger partial charge in [-0.15, -0.1) is 0 Å². The number of carbonyl (C=O) groups excluding carboxylic acids is 3. The highest BCUT2D eigenvalue weighted by Crippen LogP contribution is 2.45. The highest BCUT2D eigenvalue weighted by Gasteiger charge is 2.29. The number of hydrogen-bond donors (Lipinski definition) is 4. The van der Waals surface area contributed by atoms with E-state index in [0.717, 1.165) is 154 Å². The zero-order chi connectivity index (χ0) is 69.5. The molecule has 544 valence electrons. The Bertz CT molecular complexity index is 2260. The Balaban J connectivity index is 4.56. The lowest BCUT2D eigenvalue weighted by molar-refractivity contribution is -0.161. The molecule has 0 radical (unpaired) electrons. The third kappa shape index (κ3) is 70.8. The molecule has 5 unspecified atom stereocenters. The summed E-state index contributed by atoms with van der Waals surface area (Å²) in [6, 6.07) is 0. The molecule has 0 aromatic carbocycles. The van der Waals surface area contributed by atoms with Crippen LogP contribution in [0.3, 0.4) is 0 Å². The van der Waals surface area contributed by atoms with Crippen LogP contribution in [-0.2, 0) is 55.8 Å². The molecule has 0 spiro atoms. The van der Waals surface area contributed by atoms with Crippen molar-refractivity contribution in [2.75, 3.05) is 39.6 Å². The van der Waals surface area contributed by atoms with Gasteiger partial charge in [-0.3, -0.25) is 32.5 Å². The zero-order valence-electron chi connectivity index (χ0n) is 59.0. The van der Waals surface area contributed by atoms with Crippen LogP contribution in [-0.4, -0.2) is 95.9 Å². The van der Waals surface area contributed by atoms with Crippen molar-refractivity contribution in [1.29, 1.82) is 0 Å². The van der Waals surface area contributed by atoms with Gasteiger partial charge in [0.25, 0.3) is 0 Å². The number of carbonyl (C=O) groups is 3. The molecule has 0 saturated heterocycles. The number of phosphoric acid groups is 2. The molecule has 4 N–H and O–H groups in total. The molecule has 0 heterocycles. The summed E-state index contributed by atoms with van der Waals surface area (Å²) in [6.45, 7) is 2.39. The molecular formula is C77H130O16P2. The molecule has 0 bridgehead atoms. The third-order valence-electron chi connectivity index (χ3n) is 14.9. The van der Waals surface area contributed by atoms with E-state index in [1.807, 2.05) is 0 Å². The Morgan fingerprint density at radius 1 is 0.305 bits per heavy atom. The number of unbranched alkanes of at least 4 members (excludes halogenated alkanes) is 23. The number of allylic oxidation sites excluding steroid dienone is 22. The number of esters is 3. The highest BCUT2D eigenvalue weighted by atomic mass is 31.2. The molecule has 0 aliphatic rings. The Labute approximate surface area is 575 Å². The van der Waals surface area contributed by atoms with Gasteiger partial charge in [0.2, 0.25) is 0 Å².